The third kappa shape index (κ3) is 5.89. The van der Waals surface area contributed by atoms with E-state index in [0.29, 0.717) is 32.6 Å². The molecule has 0 radical (unpaired) electrons. The summed E-state index contributed by atoms with van der Waals surface area (Å²) in [6.07, 6.45) is 3.97. The van der Waals surface area contributed by atoms with E-state index in [4.69, 9.17) is 9.47 Å². The number of aliphatic hydroxyl groups is 1. The average Bonchev–Trinajstić information content (AvgIpc) is 2.69. The van der Waals surface area contributed by atoms with Gasteiger partial charge in [0.1, 0.15) is 5.60 Å². The molecule has 0 aliphatic carbocycles. The van der Waals surface area contributed by atoms with Gasteiger partial charge in [-0.25, -0.2) is 0 Å². The zero-order chi connectivity index (χ0) is 14.1. The van der Waals surface area contributed by atoms with Crippen molar-refractivity contribution in [2.24, 2.45) is 0 Å². The summed E-state index contributed by atoms with van der Waals surface area (Å²) in [5, 5.41) is 13.5. The summed E-state index contributed by atoms with van der Waals surface area (Å²) < 4.78 is 10.2. The lowest BCUT2D eigenvalue weighted by molar-refractivity contribution is -0.143. The van der Waals surface area contributed by atoms with Crippen LogP contribution in [0.1, 0.15) is 46.0 Å². The van der Waals surface area contributed by atoms with E-state index in [1.165, 1.54) is 0 Å². The Hall–Kier alpha value is -0.650. The summed E-state index contributed by atoms with van der Waals surface area (Å²) in [4.78, 5) is 11.1. The molecule has 1 heterocycles. The zero-order valence-corrected chi connectivity index (χ0v) is 12.1. The van der Waals surface area contributed by atoms with E-state index in [1.807, 2.05) is 13.8 Å². The minimum atomic E-state index is -0.717. The molecule has 0 bridgehead atoms. The first kappa shape index (κ1) is 16.4. The third-order valence-corrected chi connectivity index (χ3v) is 3.63. The Morgan fingerprint density at radius 2 is 2.26 bits per heavy atom. The van der Waals surface area contributed by atoms with E-state index in [2.05, 4.69) is 5.32 Å². The molecule has 19 heavy (non-hydrogen) atoms. The molecule has 0 aromatic carbocycles. The maximum atomic E-state index is 11.1. The van der Waals surface area contributed by atoms with Gasteiger partial charge >= 0.3 is 5.97 Å². The fraction of sp³-hybridized carbons (Fsp3) is 0.929. The minimum absolute atomic E-state index is 0.0937. The van der Waals surface area contributed by atoms with Crippen LogP contribution in [0.2, 0.25) is 0 Å². The number of unbranched alkanes of at least 4 members (excludes halogenated alkanes) is 2. The van der Waals surface area contributed by atoms with E-state index < -0.39 is 5.60 Å². The number of rotatable bonds is 9. The maximum absolute atomic E-state index is 11.1. The zero-order valence-electron chi connectivity index (χ0n) is 12.1. The standard InChI is InChI=1S/C14H27NO4/c1-3-18-13(16)7-5-4-6-9-15-11-14(17)8-10-19-12(14)2/h12,15,17H,3-11H2,1-2H3. The van der Waals surface area contributed by atoms with E-state index in [1.54, 1.807) is 0 Å². The van der Waals surface area contributed by atoms with E-state index >= 15 is 0 Å². The quantitative estimate of drug-likeness (QED) is 0.489. The van der Waals surface area contributed by atoms with Gasteiger partial charge in [0.2, 0.25) is 0 Å². The average molecular weight is 273 g/mol. The number of carbonyl (C=O) groups excluding carboxylic acids is 1. The topological polar surface area (TPSA) is 67.8 Å². The van der Waals surface area contributed by atoms with Gasteiger partial charge in [-0.05, 0) is 33.2 Å². The molecule has 1 rings (SSSR count). The second-order valence-corrected chi connectivity index (χ2v) is 5.16. The first-order valence-electron chi connectivity index (χ1n) is 7.29. The van der Waals surface area contributed by atoms with Crippen LogP contribution in [0.4, 0.5) is 0 Å². The third-order valence-electron chi connectivity index (χ3n) is 3.63. The van der Waals surface area contributed by atoms with Crippen LogP contribution in [0.25, 0.3) is 0 Å². The van der Waals surface area contributed by atoms with Gasteiger partial charge in [0.05, 0.1) is 12.7 Å². The minimum Gasteiger partial charge on any atom is -0.466 e. The molecule has 1 saturated heterocycles. The summed E-state index contributed by atoms with van der Waals surface area (Å²) >= 11 is 0. The second kappa shape index (κ2) is 8.51. The molecule has 0 spiro atoms. The monoisotopic (exact) mass is 273 g/mol. The molecule has 0 aromatic heterocycles. The summed E-state index contributed by atoms with van der Waals surface area (Å²) in [6.45, 7) is 6.26. The predicted molar refractivity (Wildman–Crippen MR) is 73.0 cm³/mol. The van der Waals surface area contributed by atoms with Gasteiger partial charge in [-0.1, -0.05) is 6.42 Å². The Bertz CT molecular complexity index is 272. The molecule has 1 fully saturated rings. The van der Waals surface area contributed by atoms with Crippen molar-refractivity contribution < 1.29 is 19.4 Å². The van der Waals surface area contributed by atoms with Crippen LogP contribution in [-0.4, -0.2) is 49.1 Å². The van der Waals surface area contributed by atoms with Gasteiger partial charge in [0.25, 0.3) is 0 Å². The Labute approximate surface area is 115 Å². The summed E-state index contributed by atoms with van der Waals surface area (Å²) in [6, 6.07) is 0. The summed E-state index contributed by atoms with van der Waals surface area (Å²) in [5.74, 6) is -0.110. The predicted octanol–water partition coefficient (Wildman–Crippen LogP) is 1.24. The molecular formula is C14H27NO4. The Kier molecular flexibility index (Phi) is 7.34. The van der Waals surface area contributed by atoms with Crippen molar-refractivity contribution in [2.75, 3.05) is 26.3 Å². The highest BCUT2D eigenvalue weighted by atomic mass is 16.5. The number of carbonyl (C=O) groups is 1. The van der Waals surface area contributed by atoms with Gasteiger partial charge in [-0.15, -0.1) is 0 Å². The maximum Gasteiger partial charge on any atom is 0.305 e. The normalized spacial score (nSPS) is 26.6. The Balaban J connectivity index is 1.95. The lowest BCUT2D eigenvalue weighted by Gasteiger charge is -2.26. The molecule has 2 N–H and O–H groups in total. The number of hydrogen-bond donors (Lipinski definition) is 2. The SMILES string of the molecule is CCOC(=O)CCCCCNCC1(O)CCOC1C. The molecule has 5 nitrogen and oxygen atoms in total. The fourth-order valence-electron chi connectivity index (χ4n) is 2.24. The number of nitrogens with one attached hydrogen (secondary N) is 1. The summed E-state index contributed by atoms with van der Waals surface area (Å²) in [5.41, 5.74) is -0.717. The lowest BCUT2D eigenvalue weighted by Crippen LogP contribution is -2.46. The highest BCUT2D eigenvalue weighted by Gasteiger charge is 2.38. The number of esters is 1. The van der Waals surface area contributed by atoms with Crippen LogP contribution in [0, 0.1) is 0 Å². The molecule has 1 aliphatic rings. The molecule has 0 amide bonds. The van der Waals surface area contributed by atoms with Crippen LogP contribution >= 0.6 is 0 Å². The molecule has 1 aliphatic heterocycles. The van der Waals surface area contributed by atoms with Crippen molar-refractivity contribution in [1.29, 1.82) is 0 Å². The lowest BCUT2D eigenvalue weighted by atomic mass is 9.97. The fourth-order valence-corrected chi connectivity index (χ4v) is 2.24. The van der Waals surface area contributed by atoms with E-state index in [0.717, 1.165) is 25.8 Å². The van der Waals surface area contributed by atoms with Crippen LogP contribution in [0.3, 0.4) is 0 Å². The molecule has 112 valence electrons. The van der Waals surface area contributed by atoms with Crippen molar-refractivity contribution in [3.05, 3.63) is 0 Å². The van der Waals surface area contributed by atoms with Crippen LogP contribution in [0.5, 0.6) is 0 Å². The van der Waals surface area contributed by atoms with Gasteiger partial charge in [-0.2, -0.15) is 0 Å². The second-order valence-electron chi connectivity index (χ2n) is 5.16. The van der Waals surface area contributed by atoms with Gasteiger partial charge in [0, 0.05) is 26.0 Å². The molecular weight excluding hydrogens is 246 g/mol. The first-order chi connectivity index (χ1) is 9.08. The van der Waals surface area contributed by atoms with Crippen LogP contribution < -0.4 is 5.32 Å². The largest absolute Gasteiger partial charge is 0.466 e. The van der Waals surface area contributed by atoms with Gasteiger partial charge in [0.15, 0.2) is 0 Å². The van der Waals surface area contributed by atoms with Crippen LogP contribution in [0.15, 0.2) is 0 Å². The molecule has 2 unspecified atom stereocenters. The van der Waals surface area contributed by atoms with E-state index in [9.17, 15) is 9.90 Å². The summed E-state index contributed by atoms with van der Waals surface area (Å²) in [7, 11) is 0. The molecule has 0 aromatic rings. The van der Waals surface area contributed by atoms with Gasteiger partial charge < -0.3 is 19.9 Å². The molecule has 5 heteroatoms. The van der Waals surface area contributed by atoms with Crippen molar-refractivity contribution in [1.82, 2.24) is 5.32 Å². The van der Waals surface area contributed by atoms with Crippen molar-refractivity contribution in [3.8, 4) is 0 Å². The van der Waals surface area contributed by atoms with Crippen molar-refractivity contribution >= 4 is 5.97 Å². The van der Waals surface area contributed by atoms with E-state index in [-0.39, 0.29) is 12.1 Å². The highest BCUT2D eigenvalue weighted by molar-refractivity contribution is 5.69. The number of hydrogen-bond acceptors (Lipinski definition) is 5. The highest BCUT2D eigenvalue weighted by Crippen LogP contribution is 2.24. The van der Waals surface area contributed by atoms with Crippen molar-refractivity contribution in [3.63, 3.8) is 0 Å². The van der Waals surface area contributed by atoms with Gasteiger partial charge in [-0.3, -0.25) is 4.79 Å². The Morgan fingerprint density at radius 1 is 1.47 bits per heavy atom. The smallest absolute Gasteiger partial charge is 0.305 e. The first-order valence-corrected chi connectivity index (χ1v) is 7.29. The van der Waals surface area contributed by atoms with Crippen LogP contribution in [-0.2, 0) is 14.3 Å². The Morgan fingerprint density at radius 3 is 2.89 bits per heavy atom. The number of ether oxygens (including phenoxy) is 2. The van der Waals surface area contributed by atoms with Crippen molar-refractivity contribution in [2.45, 2.75) is 57.7 Å². The molecule has 0 saturated carbocycles. The molecule has 2 atom stereocenters.